The van der Waals surface area contributed by atoms with Gasteiger partial charge in [-0.15, -0.1) is 0 Å². The zero-order valence-corrected chi connectivity index (χ0v) is 12.0. The first kappa shape index (κ1) is 16.6. The lowest BCUT2D eigenvalue weighted by Crippen LogP contribution is -2.38. The van der Waals surface area contributed by atoms with E-state index in [1.807, 2.05) is 0 Å². The van der Waals surface area contributed by atoms with Gasteiger partial charge in [0.05, 0.1) is 11.8 Å². The standard InChI is InChI=1S/C13H17F3N2O4/c1-7-3-17(5-9(7)12(21)22)11(20)8-2-10(19)18(4-8)6-13(14,15)16/h7-9H,2-6H2,1H3,(H,21,22)/t7-,8?,9-/m1/s1. The third-order valence-electron chi connectivity index (χ3n) is 4.18. The Morgan fingerprint density at radius 1 is 1.27 bits per heavy atom. The van der Waals surface area contributed by atoms with E-state index in [-0.39, 0.29) is 32.0 Å². The zero-order valence-electron chi connectivity index (χ0n) is 12.0. The molecule has 2 saturated heterocycles. The third kappa shape index (κ3) is 3.50. The Labute approximate surface area is 124 Å². The molecule has 0 saturated carbocycles. The molecule has 0 aromatic rings. The molecular weight excluding hydrogens is 305 g/mol. The maximum atomic E-state index is 12.3. The highest BCUT2D eigenvalue weighted by Gasteiger charge is 2.44. The van der Waals surface area contributed by atoms with Gasteiger partial charge in [-0.1, -0.05) is 6.92 Å². The molecule has 124 valence electrons. The Hall–Kier alpha value is -1.80. The van der Waals surface area contributed by atoms with Gasteiger partial charge in [-0.05, 0) is 5.92 Å². The average Bonchev–Trinajstić information content (AvgIpc) is 2.91. The van der Waals surface area contributed by atoms with Crippen LogP contribution in [0.15, 0.2) is 0 Å². The summed E-state index contributed by atoms with van der Waals surface area (Å²) in [6.07, 6.45) is -4.75. The van der Waals surface area contributed by atoms with E-state index < -0.39 is 42.3 Å². The largest absolute Gasteiger partial charge is 0.481 e. The first-order chi connectivity index (χ1) is 10.1. The Bertz CT molecular complexity index is 494. The summed E-state index contributed by atoms with van der Waals surface area (Å²) in [7, 11) is 0. The maximum Gasteiger partial charge on any atom is 0.406 e. The summed E-state index contributed by atoms with van der Waals surface area (Å²) in [6.45, 7) is 0.379. The summed E-state index contributed by atoms with van der Waals surface area (Å²) in [5, 5.41) is 9.03. The molecular formula is C13H17F3N2O4. The smallest absolute Gasteiger partial charge is 0.406 e. The fraction of sp³-hybridized carbons (Fsp3) is 0.769. The molecule has 2 aliphatic heterocycles. The van der Waals surface area contributed by atoms with E-state index in [1.165, 1.54) is 4.90 Å². The number of hydrogen-bond donors (Lipinski definition) is 1. The molecule has 22 heavy (non-hydrogen) atoms. The number of nitrogens with zero attached hydrogens (tertiary/aromatic N) is 2. The Balaban J connectivity index is 1.97. The number of carbonyl (C=O) groups is 3. The van der Waals surface area contributed by atoms with Crippen molar-refractivity contribution in [3.63, 3.8) is 0 Å². The van der Waals surface area contributed by atoms with E-state index in [0.29, 0.717) is 4.90 Å². The monoisotopic (exact) mass is 322 g/mol. The SMILES string of the molecule is C[C@@H]1CN(C(=O)C2CC(=O)N(CC(F)(F)F)C2)C[C@H]1C(=O)O. The van der Waals surface area contributed by atoms with Crippen molar-refractivity contribution in [2.75, 3.05) is 26.2 Å². The molecule has 0 bridgehead atoms. The molecule has 2 rings (SSSR count). The Kier molecular flexibility index (Phi) is 4.35. The number of carboxylic acids is 1. The summed E-state index contributed by atoms with van der Waals surface area (Å²) in [4.78, 5) is 36.9. The molecule has 9 heteroatoms. The summed E-state index contributed by atoms with van der Waals surface area (Å²) in [5.41, 5.74) is 0. The van der Waals surface area contributed by atoms with Crippen molar-refractivity contribution >= 4 is 17.8 Å². The molecule has 1 N–H and O–H groups in total. The number of alkyl halides is 3. The van der Waals surface area contributed by atoms with Crippen LogP contribution in [-0.4, -0.2) is 65.0 Å². The minimum atomic E-state index is -4.50. The molecule has 2 fully saturated rings. The van der Waals surface area contributed by atoms with Crippen LogP contribution in [0.4, 0.5) is 13.2 Å². The van der Waals surface area contributed by atoms with E-state index in [2.05, 4.69) is 0 Å². The minimum Gasteiger partial charge on any atom is -0.481 e. The molecule has 2 amide bonds. The van der Waals surface area contributed by atoms with Crippen molar-refractivity contribution < 1.29 is 32.7 Å². The second kappa shape index (κ2) is 5.77. The van der Waals surface area contributed by atoms with Crippen LogP contribution in [-0.2, 0) is 14.4 Å². The molecule has 2 heterocycles. The van der Waals surface area contributed by atoms with Gasteiger partial charge in [-0.3, -0.25) is 14.4 Å². The number of aliphatic carboxylic acids is 1. The van der Waals surface area contributed by atoms with Crippen molar-refractivity contribution in [1.82, 2.24) is 9.80 Å². The number of halogens is 3. The molecule has 0 spiro atoms. The number of carboxylic acid groups (broad SMARTS) is 1. The van der Waals surface area contributed by atoms with Gasteiger partial charge in [0.1, 0.15) is 6.54 Å². The van der Waals surface area contributed by atoms with E-state index in [1.54, 1.807) is 6.92 Å². The van der Waals surface area contributed by atoms with Crippen LogP contribution < -0.4 is 0 Å². The van der Waals surface area contributed by atoms with E-state index >= 15 is 0 Å². The topological polar surface area (TPSA) is 77.9 Å². The lowest BCUT2D eigenvalue weighted by Gasteiger charge is -2.21. The molecule has 0 aromatic carbocycles. The number of carbonyl (C=O) groups excluding carboxylic acids is 2. The van der Waals surface area contributed by atoms with Gasteiger partial charge in [0, 0.05) is 26.1 Å². The second-order valence-electron chi connectivity index (χ2n) is 5.96. The molecule has 0 aliphatic carbocycles. The highest BCUT2D eigenvalue weighted by atomic mass is 19.4. The summed E-state index contributed by atoms with van der Waals surface area (Å²) < 4.78 is 37.0. The lowest BCUT2D eigenvalue weighted by atomic mass is 9.99. The van der Waals surface area contributed by atoms with Crippen LogP contribution in [0.2, 0.25) is 0 Å². The van der Waals surface area contributed by atoms with Crippen molar-refractivity contribution in [1.29, 1.82) is 0 Å². The molecule has 3 atom stereocenters. The van der Waals surface area contributed by atoms with Gasteiger partial charge in [-0.25, -0.2) is 0 Å². The molecule has 1 unspecified atom stereocenters. The quantitative estimate of drug-likeness (QED) is 0.824. The fourth-order valence-electron chi connectivity index (χ4n) is 3.03. The van der Waals surface area contributed by atoms with Crippen molar-refractivity contribution in [3.05, 3.63) is 0 Å². The van der Waals surface area contributed by atoms with Crippen molar-refractivity contribution in [2.24, 2.45) is 17.8 Å². The Morgan fingerprint density at radius 3 is 2.41 bits per heavy atom. The molecule has 0 radical (unpaired) electrons. The van der Waals surface area contributed by atoms with Crippen LogP contribution in [0.3, 0.4) is 0 Å². The fourth-order valence-corrected chi connectivity index (χ4v) is 3.03. The van der Waals surface area contributed by atoms with E-state index in [4.69, 9.17) is 5.11 Å². The van der Waals surface area contributed by atoms with Gasteiger partial charge in [-0.2, -0.15) is 13.2 Å². The second-order valence-corrected chi connectivity index (χ2v) is 5.96. The predicted octanol–water partition coefficient (Wildman–Crippen LogP) is 0.576. The highest BCUT2D eigenvalue weighted by molar-refractivity contribution is 5.89. The predicted molar refractivity (Wildman–Crippen MR) is 67.6 cm³/mol. The number of hydrogen-bond acceptors (Lipinski definition) is 3. The average molecular weight is 322 g/mol. The molecule has 6 nitrogen and oxygen atoms in total. The summed E-state index contributed by atoms with van der Waals surface area (Å²) >= 11 is 0. The van der Waals surface area contributed by atoms with Crippen LogP contribution in [0.1, 0.15) is 13.3 Å². The van der Waals surface area contributed by atoms with Crippen LogP contribution in [0, 0.1) is 17.8 Å². The number of amides is 2. The summed E-state index contributed by atoms with van der Waals surface area (Å²) in [6, 6.07) is 0. The van der Waals surface area contributed by atoms with Gasteiger partial charge in [0.2, 0.25) is 11.8 Å². The molecule has 2 aliphatic rings. The van der Waals surface area contributed by atoms with E-state index in [9.17, 15) is 27.6 Å². The highest BCUT2D eigenvalue weighted by Crippen LogP contribution is 2.29. The van der Waals surface area contributed by atoms with Crippen molar-refractivity contribution in [2.45, 2.75) is 19.5 Å². The van der Waals surface area contributed by atoms with E-state index in [0.717, 1.165) is 0 Å². The molecule has 0 aromatic heterocycles. The minimum absolute atomic E-state index is 0.0410. The van der Waals surface area contributed by atoms with Crippen LogP contribution in [0.5, 0.6) is 0 Å². The van der Waals surface area contributed by atoms with Crippen LogP contribution >= 0.6 is 0 Å². The van der Waals surface area contributed by atoms with Gasteiger partial charge in [0.15, 0.2) is 0 Å². The van der Waals surface area contributed by atoms with Crippen molar-refractivity contribution in [3.8, 4) is 0 Å². The number of likely N-dealkylation sites (tertiary alicyclic amines) is 2. The normalized spacial score (nSPS) is 29.3. The Morgan fingerprint density at radius 2 is 1.91 bits per heavy atom. The van der Waals surface area contributed by atoms with Gasteiger partial charge in [0.25, 0.3) is 0 Å². The zero-order chi connectivity index (χ0) is 16.7. The third-order valence-corrected chi connectivity index (χ3v) is 4.18. The first-order valence-corrected chi connectivity index (χ1v) is 6.94. The van der Waals surface area contributed by atoms with Crippen LogP contribution in [0.25, 0.3) is 0 Å². The summed E-state index contributed by atoms with van der Waals surface area (Å²) in [5.74, 6) is -3.85. The first-order valence-electron chi connectivity index (χ1n) is 6.94. The van der Waals surface area contributed by atoms with Gasteiger partial charge >= 0.3 is 12.1 Å². The van der Waals surface area contributed by atoms with Gasteiger partial charge < -0.3 is 14.9 Å². The maximum absolute atomic E-state index is 12.3. The lowest BCUT2D eigenvalue weighted by molar-refractivity contribution is -0.157. The number of rotatable bonds is 3.